The van der Waals surface area contributed by atoms with Crippen molar-refractivity contribution in [1.82, 2.24) is 4.72 Å². The van der Waals surface area contributed by atoms with Gasteiger partial charge in [0, 0.05) is 18.7 Å². The van der Waals surface area contributed by atoms with Gasteiger partial charge in [0.15, 0.2) is 0 Å². The van der Waals surface area contributed by atoms with Crippen LogP contribution in [-0.4, -0.2) is 33.1 Å². The van der Waals surface area contributed by atoms with Gasteiger partial charge in [0.1, 0.15) is 18.1 Å². The number of benzene rings is 2. The molecule has 134 valence electrons. The van der Waals surface area contributed by atoms with Gasteiger partial charge in [-0.15, -0.1) is 0 Å². The zero-order chi connectivity index (χ0) is 18.3. The van der Waals surface area contributed by atoms with Crippen molar-refractivity contribution < 1.29 is 22.8 Å². The highest BCUT2D eigenvalue weighted by molar-refractivity contribution is 7.89. The number of hydrogen-bond donors (Lipinski definition) is 1. The molecule has 0 aliphatic rings. The summed E-state index contributed by atoms with van der Waals surface area (Å²) in [7, 11) is -3.74. The number of rotatable bonds is 9. The van der Waals surface area contributed by atoms with Gasteiger partial charge in [-0.1, -0.05) is 0 Å². The lowest BCUT2D eigenvalue weighted by Crippen LogP contribution is -2.28. The Kier molecular flexibility index (Phi) is 6.31. The second-order valence-corrected chi connectivity index (χ2v) is 6.67. The van der Waals surface area contributed by atoms with Gasteiger partial charge in [0.05, 0.1) is 16.4 Å². The number of nitrogens with one attached hydrogen (secondary N) is 1. The van der Waals surface area contributed by atoms with E-state index in [0.717, 1.165) is 17.9 Å². The topological polar surface area (TPSA) is 108 Å². The lowest BCUT2D eigenvalue weighted by Gasteiger charge is -2.09. The second kappa shape index (κ2) is 8.45. The molecule has 0 spiro atoms. The van der Waals surface area contributed by atoms with E-state index in [1.165, 1.54) is 12.1 Å². The molecule has 0 heterocycles. The number of hydrogen-bond acceptors (Lipinski definition) is 6. The molecule has 0 radical (unpaired) electrons. The van der Waals surface area contributed by atoms with Crippen molar-refractivity contribution in [3.05, 3.63) is 58.6 Å². The summed E-state index contributed by atoms with van der Waals surface area (Å²) >= 11 is 0. The molecule has 0 saturated heterocycles. The van der Waals surface area contributed by atoms with Crippen molar-refractivity contribution in [3.8, 4) is 11.5 Å². The van der Waals surface area contributed by atoms with E-state index < -0.39 is 14.9 Å². The summed E-state index contributed by atoms with van der Waals surface area (Å²) in [5, 5.41) is 10.6. The minimum atomic E-state index is -3.74. The van der Waals surface area contributed by atoms with Crippen LogP contribution < -0.4 is 14.2 Å². The van der Waals surface area contributed by atoms with Gasteiger partial charge in [-0.25, -0.2) is 13.1 Å². The van der Waals surface area contributed by atoms with Crippen LogP contribution in [-0.2, 0) is 10.0 Å². The summed E-state index contributed by atoms with van der Waals surface area (Å²) in [5.74, 6) is 1.33. The predicted octanol–water partition coefficient (Wildman–Crippen LogP) is 2.35. The van der Waals surface area contributed by atoms with Gasteiger partial charge < -0.3 is 9.47 Å². The van der Waals surface area contributed by atoms with Crippen LogP contribution in [0.15, 0.2) is 53.4 Å². The Labute approximate surface area is 145 Å². The standard InChI is InChI=1S/C16H18N2O6S/c1-2-23-14-5-7-15(8-6-14)24-12-11-17-25(21,22)16-9-3-13(4-10-16)18(19)20/h3-10,17H,2,11-12H2,1H3. The molecule has 0 aliphatic carbocycles. The van der Waals surface area contributed by atoms with E-state index in [9.17, 15) is 18.5 Å². The number of nitrogens with zero attached hydrogens (tertiary/aromatic N) is 1. The van der Waals surface area contributed by atoms with E-state index in [1.807, 2.05) is 6.92 Å². The number of nitro benzene ring substituents is 1. The Balaban J connectivity index is 1.84. The number of sulfonamides is 1. The molecule has 8 nitrogen and oxygen atoms in total. The highest BCUT2D eigenvalue weighted by Crippen LogP contribution is 2.18. The summed E-state index contributed by atoms with van der Waals surface area (Å²) in [6.45, 7) is 2.67. The maximum atomic E-state index is 12.1. The van der Waals surface area contributed by atoms with Crippen molar-refractivity contribution in [2.45, 2.75) is 11.8 Å². The van der Waals surface area contributed by atoms with Crippen molar-refractivity contribution in [2.75, 3.05) is 19.8 Å². The Morgan fingerprint density at radius 2 is 1.56 bits per heavy atom. The quantitative estimate of drug-likeness (QED) is 0.415. The van der Waals surface area contributed by atoms with Crippen LogP contribution in [0, 0.1) is 10.1 Å². The largest absolute Gasteiger partial charge is 0.494 e. The highest BCUT2D eigenvalue weighted by atomic mass is 32.2. The molecule has 0 atom stereocenters. The molecule has 0 aliphatic heterocycles. The van der Waals surface area contributed by atoms with Gasteiger partial charge in [-0.2, -0.15) is 0 Å². The molecular formula is C16H18N2O6S. The molecule has 0 fully saturated rings. The maximum Gasteiger partial charge on any atom is 0.269 e. The third-order valence-electron chi connectivity index (χ3n) is 3.16. The molecule has 2 aromatic carbocycles. The van der Waals surface area contributed by atoms with Crippen LogP contribution >= 0.6 is 0 Å². The first-order chi connectivity index (χ1) is 11.9. The number of ether oxygens (including phenoxy) is 2. The van der Waals surface area contributed by atoms with E-state index in [-0.39, 0.29) is 23.7 Å². The molecule has 1 N–H and O–H groups in total. The van der Waals surface area contributed by atoms with E-state index >= 15 is 0 Å². The van der Waals surface area contributed by atoms with E-state index in [2.05, 4.69) is 4.72 Å². The van der Waals surface area contributed by atoms with Gasteiger partial charge in [0.2, 0.25) is 10.0 Å². The fourth-order valence-corrected chi connectivity index (χ4v) is 2.99. The molecule has 2 rings (SSSR count). The Morgan fingerprint density at radius 3 is 2.08 bits per heavy atom. The summed E-state index contributed by atoms with van der Waals surface area (Å²) in [4.78, 5) is 9.95. The zero-order valence-corrected chi connectivity index (χ0v) is 14.4. The van der Waals surface area contributed by atoms with E-state index in [4.69, 9.17) is 9.47 Å². The Morgan fingerprint density at radius 1 is 1.00 bits per heavy atom. The number of nitro groups is 1. The summed E-state index contributed by atoms with van der Waals surface area (Å²) in [6.07, 6.45) is 0. The molecular weight excluding hydrogens is 348 g/mol. The molecule has 0 unspecified atom stereocenters. The van der Waals surface area contributed by atoms with Crippen LogP contribution in [0.2, 0.25) is 0 Å². The van der Waals surface area contributed by atoms with E-state index in [1.54, 1.807) is 24.3 Å². The lowest BCUT2D eigenvalue weighted by atomic mass is 10.3. The van der Waals surface area contributed by atoms with E-state index in [0.29, 0.717) is 12.4 Å². The Bertz CT molecular complexity index is 804. The van der Waals surface area contributed by atoms with Crippen molar-refractivity contribution in [3.63, 3.8) is 0 Å². The summed E-state index contributed by atoms with van der Waals surface area (Å²) in [5.41, 5.74) is -0.169. The molecule has 2 aromatic rings. The van der Waals surface area contributed by atoms with Gasteiger partial charge in [-0.05, 0) is 43.3 Å². The molecule has 0 saturated carbocycles. The minimum Gasteiger partial charge on any atom is -0.494 e. The van der Waals surface area contributed by atoms with Crippen LogP contribution in [0.5, 0.6) is 11.5 Å². The predicted molar refractivity (Wildman–Crippen MR) is 91.4 cm³/mol. The van der Waals surface area contributed by atoms with Crippen LogP contribution in [0.25, 0.3) is 0 Å². The molecule has 25 heavy (non-hydrogen) atoms. The smallest absolute Gasteiger partial charge is 0.269 e. The van der Waals surface area contributed by atoms with Crippen molar-refractivity contribution >= 4 is 15.7 Å². The average molecular weight is 366 g/mol. The first-order valence-electron chi connectivity index (χ1n) is 7.52. The number of non-ortho nitro benzene ring substituents is 1. The summed E-state index contributed by atoms with van der Waals surface area (Å²) < 4.78 is 37.3. The van der Waals surface area contributed by atoms with Gasteiger partial charge in [-0.3, -0.25) is 10.1 Å². The van der Waals surface area contributed by atoms with Crippen molar-refractivity contribution in [1.29, 1.82) is 0 Å². The van der Waals surface area contributed by atoms with Crippen LogP contribution in [0.4, 0.5) is 5.69 Å². The zero-order valence-electron chi connectivity index (χ0n) is 13.5. The third kappa shape index (κ3) is 5.44. The monoisotopic (exact) mass is 366 g/mol. The SMILES string of the molecule is CCOc1ccc(OCCNS(=O)(=O)c2ccc([N+](=O)[O-])cc2)cc1. The van der Waals surface area contributed by atoms with Gasteiger partial charge in [0.25, 0.3) is 5.69 Å². The molecule has 9 heteroatoms. The van der Waals surface area contributed by atoms with Crippen LogP contribution in [0.3, 0.4) is 0 Å². The first kappa shape index (κ1) is 18.7. The highest BCUT2D eigenvalue weighted by Gasteiger charge is 2.15. The molecule has 0 amide bonds. The fourth-order valence-electron chi connectivity index (χ4n) is 1.97. The normalized spacial score (nSPS) is 11.1. The van der Waals surface area contributed by atoms with Crippen molar-refractivity contribution in [2.24, 2.45) is 0 Å². The van der Waals surface area contributed by atoms with Gasteiger partial charge >= 0.3 is 0 Å². The molecule has 0 aromatic heterocycles. The van der Waals surface area contributed by atoms with Crippen LogP contribution in [0.1, 0.15) is 6.92 Å². The Hall–Kier alpha value is -2.65. The molecule has 0 bridgehead atoms. The lowest BCUT2D eigenvalue weighted by molar-refractivity contribution is -0.384. The fraction of sp³-hybridized carbons (Fsp3) is 0.250. The first-order valence-corrected chi connectivity index (χ1v) is 9.00. The maximum absolute atomic E-state index is 12.1. The summed E-state index contributed by atoms with van der Waals surface area (Å²) in [6, 6.07) is 11.7. The minimum absolute atomic E-state index is 0.0424. The third-order valence-corrected chi connectivity index (χ3v) is 4.63. The second-order valence-electron chi connectivity index (χ2n) is 4.90. The average Bonchev–Trinajstić information content (AvgIpc) is 2.60.